The Bertz CT molecular complexity index is 818. The second kappa shape index (κ2) is 6.67. The van der Waals surface area contributed by atoms with Gasteiger partial charge in [0, 0.05) is 29.2 Å². The molecule has 2 heterocycles. The van der Waals surface area contributed by atoms with E-state index in [1.165, 1.54) is 0 Å². The van der Waals surface area contributed by atoms with Crippen LogP contribution in [-0.2, 0) is 11.3 Å². The van der Waals surface area contributed by atoms with Gasteiger partial charge in [-0.05, 0) is 37.8 Å². The molecule has 0 unspecified atom stereocenters. The Morgan fingerprint density at radius 3 is 2.92 bits per heavy atom. The van der Waals surface area contributed by atoms with Gasteiger partial charge in [0.2, 0.25) is 0 Å². The molecule has 1 aliphatic rings. The van der Waals surface area contributed by atoms with E-state index in [0.717, 1.165) is 47.8 Å². The number of aromatic nitrogens is 4. The lowest BCUT2D eigenvalue weighted by Gasteiger charge is -2.25. The third-order valence-electron chi connectivity index (χ3n) is 4.63. The van der Waals surface area contributed by atoms with Crippen LogP contribution in [0.3, 0.4) is 0 Å². The summed E-state index contributed by atoms with van der Waals surface area (Å²) in [4.78, 5) is 4.17. The molecule has 1 aromatic carbocycles. The minimum atomic E-state index is 0.290. The predicted molar refractivity (Wildman–Crippen MR) is 91.7 cm³/mol. The topological polar surface area (TPSA) is 78.9 Å². The fourth-order valence-corrected chi connectivity index (χ4v) is 3.25. The van der Waals surface area contributed by atoms with Crippen LogP contribution in [-0.4, -0.2) is 32.1 Å². The Morgan fingerprint density at radius 1 is 1.17 bits per heavy atom. The summed E-state index contributed by atoms with van der Waals surface area (Å²) in [5.74, 6) is 0. The molecule has 1 aliphatic carbocycles. The second-order valence-corrected chi connectivity index (χ2v) is 6.38. The summed E-state index contributed by atoms with van der Waals surface area (Å²) in [6, 6.07) is 8.41. The van der Waals surface area contributed by atoms with Crippen LogP contribution < -0.4 is 5.73 Å². The minimum Gasteiger partial charge on any atom is -0.372 e. The summed E-state index contributed by atoms with van der Waals surface area (Å²) in [5.41, 5.74) is 7.77. The molecule has 0 bridgehead atoms. The van der Waals surface area contributed by atoms with Crippen molar-refractivity contribution in [2.75, 3.05) is 0 Å². The second-order valence-electron chi connectivity index (χ2n) is 6.38. The molecule has 124 valence electrons. The number of hydrogen-bond donors (Lipinski definition) is 1. The molecule has 0 atom stereocenters. The highest BCUT2D eigenvalue weighted by molar-refractivity contribution is 5.89. The van der Waals surface area contributed by atoms with Crippen LogP contribution in [0.2, 0.25) is 0 Å². The Kier molecular flexibility index (Phi) is 4.23. The van der Waals surface area contributed by atoms with E-state index >= 15 is 0 Å². The van der Waals surface area contributed by atoms with Gasteiger partial charge in [-0.3, -0.25) is 4.98 Å². The maximum absolute atomic E-state index is 5.97. The molecular weight excluding hydrogens is 302 g/mol. The van der Waals surface area contributed by atoms with Crippen LogP contribution in [0.5, 0.6) is 0 Å². The van der Waals surface area contributed by atoms with Gasteiger partial charge >= 0.3 is 0 Å². The van der Waals surface area contributed by atoms with Gasteiger partial charge in [-0.2, -0.15) is 0 Å². The molecule has 6 heteroatoms. The smallest absolute Gasteiger partial charge is 0.109 e. The fraction of sp³-hybridized carbons (Fsp3) is 0.389. The average molecular weight is 323 g/mol. The molecule has 0 radical (unpaired) electrons. The zero-order valence-corrected chi connectivity index (χ0v) is 13.5. The molecular formula is C18H21N5O. The van der Waals surface area contributed by atoms with Crippen molar-refractivity contribution in [3.8, 4) is 5.69 Å². The van der Waals surface area contributed by atoms with Crippen LogP contribution in [0.25, 0.3) is 16.5 Å². The van der Waals surface area contributed by atoms with Crippen molar-refractivity contribution in [3.63, 3.8) is 0 Å². The van der Waals surface area contributed by atoms with E-state index in [9.17, 15) is 0 Å². The maximum atomic E-state index is 5.97. The molecule has 0 spiro atoms. The number of hydrogen-bond acceptors (Lipinski definition) is 5. The Labute approximate surface area is 140 Å². The average Bonchev–Trinajstić information content (AvgIpc) is 3.09. The van der Waals surface area contributed by atoms with Gasteiger partial charge in [-0.25, -0.2) is 4.68 Å². The molecule has 1 fully saturated rings. The largest absolute Gasteiger partial charge is 0.372 e. The first-order valence-electron chi connectivity index (χ1n) is 8.41. The lowest BCUT2D eigenvalue weighted by molar-refractivity contribution is 0.0122. The number of rotatable bonds is 4. The van der Waals surface area contributed by atoms with E-state index in [1.807, 2.05) is 36.7 Å². The SMILES string of the molecule is NC1CCC(OCc2cn(-c3cccc4cnccc34)nn2)CC1. The van der Waals surface area contributed by atoms with Crippen molar-refractivity contribution in [2.45, 2.75) is 44.4 Å². The molecule has 2 N–H and O–H groups in total. The Hall–Kier alpha value is -2.31. The number of nitrogens with zero attached hydrogens (tertiary/aromatic N) is 4. The predicted octanol–water partition coefficient (Wildman–Crippen LogP) is 2.60. The molecule has 2 aromatic heterocycles. The number of pyridine rings is 1. The molecule has 0 saturated heterocycles. The monoisotopic (exact) mass is 323 g/mol. The molecule has 4 rings (SSSR count). The first-order valence-corrected chi connectivity index (χ1v) is 8.41. The number of benzene rings is 1. The van der Waals surface area contributed by atoms with Crippen LogP contribution in [0.15, 0.2) is 42.9 Å². The molecule has 1 saturated carbocycles. The zero-order chi connectivity index (χ0) is 16.4. The third-order valence-corrected chi connectivity index (χ3v) is 4.63. The van der Waals surface area contributed by atoms with Crippen molar-refractivity contribution in [2.24, 2.45) is 5.73 Å². The minimum absolute atomic E-state index is 0.290. The van der Waals surface area contributed by atoms with E-state index in [0.29, 0.717) is 18.8 Å². The summed E-state index contributed by atoms with van der Waals surface area (Å²) >= 11 is 0. The standard InChI is InChI=1S/C18H21N5O/c19-14-4-6-16(7-5-14)24-12-15-11-23(22-21-15)18-3-1-2-13-10-20-9-8-17(13)18/h1-3,8-11,14,16H,4-7,12,19H2. The number of ether oxygens (including phenoxy) is 1. The summed E-state index contributed by atoms with van der Waals surface area (Å²) in [5, 5.41) is 10.7. The van der Waals surface area contributed by atoms with E-state index in [1.54, 1.807) is 10.9 Å². The van der Waals surface area contributed by atoms with E-state index in [4.69, 9.17) is 10.5 Å². The van der Waals surface area contributed by atoms with Gasteiger partial charge in [0.1, 0.15) is 5.69 Å². The normalized spacial score (nSPS) is 21.2. The molecule has 3 aromatic rings. The quantitative estimate of drug-likeness (QED) is 0.798. The van der Waals surface area contributed by atoms with Crippen LogP contribution in [0.4, 0.5) is 0 Å². The highest BCUT2D eigenvalue weighted by Gasteiger charge is 2.19. The lowest BCUT2D eigenvalue weighted by Crippen LogP contribution is -2.30. The van der Waals surface area contributed by atoms with Gasteiger partial charge in [-0.15, -0.1) is 5.10 Å². The first-order chi connectivity index (χ1) is 11.8. The number of nitrogens with two attached hydrogens (primary N) is 1. The van der Waals surface area contributed by atoms with E-state index in [2.05, 4.69) is 15.3 Å². The summed E-state index contributed by atoms with van der Waals surface area (Å²) in [7, 11) is 0. The molecule has 0 aliphatic heterocycles. The van der Waals surface area contributed by atoms with E-state index < -0.39 is 0 Å². The summed E-state index contributed by atoms with van der Waals surface area (Å²) < 4.78 is 7.78. The highest BCUT2D eigenvalue weighted by atomic mass is 16.5. The third kappa shape index (κ3) is 3.16. The molecule has 24 heavy (non-hydrogen) atoms. The van der Waals surface area contributed by atoms with Gasteiger partial charge < -0.3 is 10.5 Å². The lowest BCUT2D eigenvalue weighted by atomic mass is 9.94. The number of fused-ring (bicyclic) bond motifs is 1. The van der Waals surface area contributed by atoms with Crippen molar-refractivity contribution >= 4 is 10.8 Å². The van der Waals surface area contributed by atoms with Gasteiger partial charge in [-0.1, -0.05) is 17.3 Å². The molecule has 6 nitrogen and oxygen atoms in total. The highest BCUT2D eigenvalue weighted by Crippen LogP contribution is 2.22. The van der Waals surface area contributed by atoms with Crippen LogP contribution >= 0.6 is 0 Å². The van der Waals surface area contributed by atoms with Crippen molar-refractivity contribution in [1.82, 2.24) is 20.0 Å². The Balaban J connectivity index is 1.48. The van der Waals surface area contributed by atoms with E-state index in [-0.39, 0.29) is 0 Å². The first kappa shape index (κ1) is 15.2. The molecule has 0 amide bonds. The fourth-order valence-electron chi connectivity index (χ4n) is 3.25. The zero-order valence-electron chi connectivity index (χ0n) is 13.5. The van der Waals surface area contributed by atoms with Crippen molar-refractivity contribution in [3.05, 3.63) is 48.5 Å². The summed E-state index contributed by atoms with van der Waals surface area (Å²) in [6.45, 7) is 0.492. The summed E-state index contributed by atoms with van der Waals surface area (Å²) in [6.07, 6.45) is 10.0. The maximum Gasteiger partial charge on any atom is 0.109 e. The van der Waals surface area contributed by atoms with Crippen molar-refractivity contribution < 1.29 is 4.74 Å². The Morgan fingerprint density at radius 2 is 2.04 bits per heavy atom. The van der Waals surface area contributed by atoms with Gasteiger partial charge in [0.05, 0.1) is 24.6 Å². The van der Waals surface area contributed by atoms with Crippen molar-refractivity contribution in [1.29, 1.82) is 0 Å². The van der Waals surface area contributed by atoms with Gasteiger partial charge in [0.25, 0.3) is 0 Å². The van der Waals surface area contributed by atoms with Gasteiger partial charge in [0.15, 0.2) is 0 Å². The van der Waals surface area contributed by atoms with Crippen LogP contribution in [0.1, 0.15) is 31.4 Å². The van der Waals surface area contributed by atoms with Crippen LogP contribution in [0, 0.1) is 0 Å².